The first-order chi connectivity index (χ1) is 13.6. The smallest absolute Gasteiger partial charge is 0.286 e. The average molecular weight is 383 g/mol. The van der Waals surface area contributed by atoms with Crippen molar-refractivity contribution in [2.75, 3.05) is 13.2 Å². The Labute approximate surface area is 164 Å². The van der Waals surface area contributed by atoms with E-state index in [1.54, 1.807) is 18.4 Å². The van der Waals surface area contributed by atoms with Crippen LogP contribution in [0, 0.1) is 13.8 Å². The summed E-state index contributed by atoms with van der Waals surface area (Å²) < 4.78 is 22.0. The van der Waals surface area contributed by atoms with Gasteiger partial charge in [0.1, 0.15) is 30.5 Å². The molecule has 0 aliphatic rings. The zero-order valence-corrected chi connectivity index (χ0v) is 16.2. The second-order valence-electron chi connectivity index (χ2n) is 6.56. The van der Waals surface area contributed by atoms with Gasteiger partial charge in [-0.1, -0.05) is 17.7 Å². The molecule has 0 aliphatic carbocycles. The number of hydrogen-bond donors (Lipinski definition) is 1. The molecule has 3 aromatic rings. The largest absolute Gasteiger partial charge is 0.485 e. The number of nitrogens with one attached hydrogen (secondary N) is 1. The number of ether oxygens (including phenoxy) is 2. The Balaban J connectivity index is 1.36. The van der Waals surface area contributed by atoms with Crippen molar-refractivity contribution in [3.63, 3.8) is 0 Å². The number of carbonyl (C=O) groups is 1. The number of carbonyl (C=O) groups excluding carboxylic acids is 1. The summed E-state index contributed by atoms with van der Waals surface area (Å²) in [4.78, 5) is 12.1. The van der Waals surface area contributed by atoms with Gasteiger partial charge in [0.05, 0.1) is 6.26 Å². The van der Waals surface area contributed by atoms with Crippen LogP contribution in [0.3, 0.4) is 0 Å². The summed E-state index contributed by atoms with van der Waals surface area (Å²) in [6, 6.07) is 13.1. The van der Waals surface area contributed by atoms with Crippen molar-refractivity contribution >= 4 is 5.91 Å². The fraction of sp³-hybridized carbons (Fsp3) is 0.318. The van der Waals surface area contributed by atoms with E-state index in [1.807, 2.05) is 38.1 Å². The lowest BCUT2D eigenvalue weighted by Crippen LogP contribution is -2.24. The molecule has 0 fully saturated rings. The Kier molecular flexibility index (Phi) is 6.92. The zero-order chi connectivity index (χ0) is 19.8. The van der Waals surface area contributed by atoms with Crippen molar-refractivity contribution in [2.24, 2.45) is 0 Å². The predicted molar refractivity (Wildman–Crippen MR) is 104 cm³/mol. The predicted octanol–water partition coefficient (Wildman–Crippen LogP) is 4.41. The van der Waals surface area contributed by atoms with E-state index >= 15 is 0 Å². The van der Waals surface area contributed by atoms with Crippen molar-refractivity contribution < 1.29 is 23.1 Å². The van der Waals surface area contributed by atoms with Crippen LogP contribution in [0.5, 0.6) is 5.75 Å². The SMILES string of the molecule is Cc1ccc(OCc2ccc(C(=O)NCCCOCc3ccco3)o2)c(C)c1. The molecule has 1 N–H and O–H groups in total. The third kappa shape index (κ3) is 5.76. The number of benzene rings is 1. The lowest BCUT2D eigenvalue weighted by molar-refractivity contribution is 0.0890. The number of hydrogen-bond acceptors (Lipinski definition) is 5. The molecule has 0 saturated heterocycles. The molecule has 2 heterocycles. The molecule has 3 rings (SSSR count). The summed E-state index contributed by atoms with van der Waals surface area (Å²) in [6.45, 7) is 5.79. The van der Waals surface area contributed by atoms with E-state index < -0.39 is 0 Å². The highest BCUT2D eigenvalue weighted by atomic mass is 16.5. The summed E-state index contributed by atoms with van der Waals surface area (Å²) in [6.07, 6.45) is 2.32. The van der Waals surface area contributed by atoms with Gasteiger partial charge >= 0.3 is 0 Å². The highest BCUT2D eigenvalue weighted by Gasteiger charge is 2.11. The van der Waals surface area contributed by atoms with Crippen molar-refractivity contribution in [3.05, 3.63) is 77.1 Å². The van der Waals surface area contributed by atoms with Crippen LogP contribution in [-0.4, -0.2) is 19.1 Å². The zero-order valence-electron chi connectivity index (χ0n) is 16.2. The molecule has 0 radical (unpaired) electrons. The van der Waals surface area contributed by atoms with Gasteiger partial charge in [-0.3, -0.25) is 4.79 Å². The van der Waals surface area contributed by atoms with Gasteiger partial charge < -0.3 is 23.6 Å². The van der Waals surface area contributed by atoms with Crippen molar-refractivity contribution in [3.8, 4) is 5.75 Å². The van der Waals surface area contributed by atoms with Crippen LogP contribution < -0.4 is 10.1 Å². The molecule has 0 aliphatic heterocycles. The van der Waals surface area contributed by atoms with Crippen LogP contribution in [0.2, 0.25) is 0 Å². The van der Waals surface area contributed by atoms with E-state index in [0.717, 1.165) is 17.1 Å². The van der Waals surface area contributed by atoms with Gasteiger partial charge in [0.2, 0.25) is 0 Å². The van der Waals surface area contributed by atoms with E-state index in [2.05, 4.69) is 11.4 Å². The molecular weight excluding hydrogens is 358 g/mol. The quantitative estimate of drug-likeness (QED) is 0.525. The van der Waals surface area contributed by atoms with E-state index in [1.165, 1.54) is 5.56 Å². The molecule has 1 aromatic carbocycles. The minimum absolute atomic E-state index is 0.246. The molecule has 0 saturated carbocycles. The maximum Gasteiger partial charge on any atom is 0.286 e. The molecule has 6 heteroatoms. The van der Waals surface area contributed by atoms with Crippen LogP contribution in [-0.2, 0) is 18.0 Å². The van der Waals surface area contributed by atoms with Crippen LogP contribution in [0.15, 0.2) is 57.6 Å². The van der Waals surface area contributed by atoms with E-state index in [9.17, 15) is 4.79 Å². The number of aryl methyl sites for hydroxylation is 2. The van der Waals surface area contributed by atoms with E-state index in [0.29, 0.717) is 31.9 Å². The monoisotopic (exact) mass is 383 g/mol. The van der Waals surface area contributed by atoms with Crippen molar-refractivity contribution in [1.29, 1.82) is 0 Å². The van der Waals surface area contributed by atoms with Gasteiger partial charge in [0.25, 0.3) is 5.91 Å². The number of amides is 1. The Hall–Kier alpha value is -2.99. The highest BCUT2D eigenvalue weighted by molar-refractivity contribution is 5.91. The normalized spacial score (nSPS) is 10.8. The number of rotatable bonds is 10. The van der Waals surface area contributed by atoms with E-state index in [4.69, 9.17) is 18.3 Å². The van der Waals surface area contributed by atoms with Crippen molar-refractivity contribution in [1.82, 2.24) is 5.32 Å². The fourth-order valence-corrected chi connectivity index (χ4v) is 2.72. The lowest BCUT2D eigenvalue weighted by atomic mass is 10.1. The Morgan fingerprint density at radius 3 is 2.75 bits per heavy atom. The summed E-state index contributed by atoms with van der Waals surface area (Å²) in [7, 11) is 0. The Bertz CT molecular complexity index is 882. The maximum absolute atomic E-state index is 12.1. The van der Waals surface area contributed by atoms with Gasteiger partial charge in [0, 0.05) is 13.2 Å². The molecular formula is C22H25NO5. The highest BCUT2D eigenvalue weighted by Crippen LogP contribution is 2.20. The van der Waals surface area contributed by atoms with Gasteiger partial charge in [-0.25, -0.2) is 0 Å². The minimum atomic E-state index is -0.246. The van der Waals surface area contributed by atoms with Crippen LogP contribution >= 0.6 is 0 Å². The number of furan rings is 2. The standard InChI is InChI=1S/C22H25NO5/c1-16-6-8-20(17(2)13-16)27-15-19-7-9-21(28-19)22(24)23-10-4-11-25-14-18-5-3-12-26-18/h3,5-9,12-13H,4,10-11,14-15H2,1-2H3,(H,23,24). The second-order valence-corrected chi connectivity index (χ2v) is 6.56. The molecule has 148 valence electrons. The fourth-order valence-electron chi connectivity index (χ4n) is 2.72. The molecule has 6 nitrogen and oxygen atoms in total. The summed E-state index contributed by atoms with van der Waals surface area (Å²) in [5.74, 6) is 2.23. The molecule has 0 spiro atoms. The van der Waals surface area contributed by atoms with Crippen LogP contribution in [0.1, 0.15) is 39.6 Å². The third-order valence-corrected chi connectivity index (χ3v) is 4.16. The van der Waals surface area contributed by atoms with Crippen LogP contribution in [0.25, 0.3) is 0 Å². The van der Waals surface area contributed by atoms with Gasteiger partial charge in [-0.15, -0.1) is 0 Å². The summed E-state index contributed by atoms with van der Waals surface area (Å²) >= 11 is 0. The molecule has 1 amide bonds. The van der Waals surface area contributed by atoms with Gasteiger partial charge in [-0.2, -0.15) is 0 Å². The maximum atomic E-state index is 12.1. The molecule has 0 unspecified atom stereocenters. The first-order valence-corrected chi connectivity index (χ1v) is 9.29. The summed E-state index contributed by atoms with van der Waals surface area (Å²) in [5.41, 5.74) is 2.26. The van der Waals surface area contributed by atoms with Crippen LogP contribution in [0.4, 0.5) is 0 Å². The molecule has 2 aromatic heterocycles. The molecule has 28 heavy (non-hydrogen) atoms. The topological polar surface area (TPSA) is 73.8 Å². The van der Waals surface area contributed by atoms with Gasteiger partial charge in [0.15, 0.2) is 5.76 Å². The third-order valence-electron chi connectivity index (χ3n) is 4.16. The summed E-state index contributed by atoms with van der Waals surface area (Å²) in [5, 5.41) is 2.82. The van der Waals surface area contributed by atoms with Crippen molar-refractivity contribution in [2.45, 2.75) is 33.5 Å². The Morgan fingerprint density at radius 2 is 1.96 bits per heavy atom. The van der Waals surface area contributed by atoms with Gasteiger partial charge in [-0.05, 0) is 56.2 Å². The minimum Gasteiger partial charge on any atom is -0.485 e. The molecule has 0 bridgehead atoms. The van der Waals surface area contributed by atoms with E-state index in [-0.39, 0.29) is 18.3 Å². The second kappa shape index (κ2) is 9.80. The lowest BCUT2D eigenvalue weighted by Gasteiger charge is -2.08. The first kappa shape index (κ1) is 19.8. The Morgan fingerprint density at radius 1 is 1.07 bits per heavy atom. The molecule has 0 atom stereocenters. The first-order valence-electron chi connectivity index (χ1n) is 9.29. The average Bonchev–Trinajstić information content (AvgIpc) is 3.35.